The van der Waals surface area contributed by atoms with Crippen LogP contribution in [0.5, 0.6) is 0 Å². The van der Waals surface area contributed by atoms with Crippen molar-refractivity contribution in [3.8, 4) is 0 Å². The first kappa shape index (κ1) is 64.3. The third-order valence-corrected chi connectivity index (χ3v) is 22.8. The summed E-state index contributed by atoms with van der Waals surface area (Å²) in [6.45, 7) is 15.3. The minimum atomic E-state index is -1.98. The van der Waals surface area contributed by atoms with Gasteiger partial charge in [0.2, 0.25) is 0 Å². The van der Waals surface area contributed by atoms with Gasteiger partial charge in [-0.05, 0) is 116 Å². The Morgan fingerprint density at radius 1 is 0.554 bits per heavy atom. The van der Waals surface area contributed by atoms with Crippen LogP contribution < -0.4 is 0 Å². The molecular weight excluding hydrogens is 1100 g/mol. The molecule has 83 heavy (non-hydrogen) atoms. The monoisotopic (exact) mass is 1190 g/mol. The summed E-state index contributed by atoms with van der Waals surface area (Å²) in [5.74, 6) is -0.136. The predicted octanol–water partition coefficient (Wildman–Crippen LogP) is -1.34. The SMILES string of the molecule is C[C@@H]1O[C@@H](O[C@H]2[C@H](O[C@H]3CC[C@]4(C)[C@H]5CC=C6[C@H]7CC(C)(C)CC[C@@]7(C(=O)O)CC[C@@]6(C)[C@]5(C)CC[C@H]4C3(C)C)OC[C@H](O)[C@@H]2O)[C@H](O)[C@H](O[C@@H]2OC[C@@H](O[C@@H]3O[C@H](CO)[C@@H](O[C@@H]4O[C@@H](CO)[C@@H](O)[C@H](O)[C@H]4O)[C@H](O)[C@H]3O)[C@H](O)[C@H]2O)[C@H]1O. The van der Waals surface area contributed by atoms with Crippen LogP contribution in [0.4, 0.5) is 0 Å². The smallest absolute Gasteiger partial charge is 0.310 e. The molecule has 25 nitrogen and oxygen atoms in total. The van der Waals surface area contributed by atoms with Crippen LogP contribution in [-0.4, -0.2) is 251 Å². The molecule has 10 aliphatic rings. The lowest BCUT2D eigenvalue weighted by molar-refractivity contribution is -0.386. The Labute approximate surface area is 483 Å². The molecule has 0 spiro atoms. The van der Waals surface area contributed by atoms with Gasteiger partial charge in [-0.2, -0.15) is 0 Å². The molecule has 5 saturated heterocycles. The van der Waals surface area contributed by atoms with Crippen molar-refractivity contribution in [2.75, 3.05) is 26.4 Å². The maximum Gasteiger partial charge on any atom is 0.310 e. The molecule has 476 valence electrons. The second kappa shape index (κ2) is 23.6. The molecule has 14 N–H and O–H groups in total. The third kappa shape index (κ3) is 10.8. The lowest BCUT2D eigenvalue weighted by Gasteiger charge is -2.71. The largest absolute Gasteiger partial charge is 0.481 e. The zero-order chi connectivity index (χ0) is 60.4. The minimum Gasteiger partial charge on any atom is -0.481 e. The molecule has 5 aliphatic carbocycles. The Morgan fingerprint density at radius 2 is 1.16 bits per heavy atom. The van der Waals surface area contributed by atoms with Gasteiger partial charge >= 0.3 is 5.97 Å². The van der Waals surface area contributed by atoms with E-state index in [1.807, 2.05) is 0 Å². The number of allylic oxidation sites excluding steroid dienone is 2. The fourth-order valence-corrected chi connectivity index (χ4v) is 17.5. The van der Waals surface area contributed by atoms with Gasteiger partial charge < -0.3 is 119 Å². The Hall–Kier alpha value is -1.71. The van der Waals surface area contributed by atoms with Crippen LogP contribution in [0.25, 0.3) is 0 Å². The minimum absolute atomic E-state index is 0.00231. The number of rotatable bonds is 13. The quantitative estimate of drug-likeness (QED) is 0.0750. The second-order valence-electron chi connectivity index (χ2n) is 28.2. The first-order valence-corrected chi connectivity index (χ1v) is 30.0. The number of aliphatic hydroxyl groups is 13. The highest BCUT2D eigenvalue weighted by molar-refractivity contribution is 5.76. The van der Waals surface area contributed by atoms with Crippen LogP contribution in [0.2, 0.25) is 0 Å². The van der Waals surface area contributed by atoms with Crippen molar-refractivity contribution in [3.63, 3.8) is 0 Å². The van der Waals surface area contributed by atoms with Crippen LogP contribution in [0.15, 0.2) is 11.6 Å². The summed E-state index contributed by atoms with van der Waals surface area (Å²) in [5.41, 5.74) is -0.0882. The summed E-state index contributed by atoms with van der Waals surface area (Å²) in [4.78, 5) is 13.2. The Morgan fingerprint density at radius 3 is 1.84 bits per heavy atom. The van der Waals surface area contributed by atoms with E-state index in [9.17, 15) is 76.3 Å². The molecular formula is C58H94O25. The van der Waals surface area contributed by atoms with Gasteiger partial charge in [-0.25, -0.2) is 0 Å². The van der Waals surface area contributed by atoms with Crippen LogP contribution in [0.3, 0.4) is 0 Å². The number of carboxylic acid groups (broad SMARTS) is 1. The topological polar surface area (TPSA) is 393 Å². The first-order chi connectivity index (χ1) is 38.9. The Balaban J connectivity index is 0.779. The molecule has 0 aromatic heterocycles. The molecule has 5 heterocycles. The molecule has 0 radical (unpaired) electrons. The van der Waals surface area contributed by atoms with Gasteiger partial charge in [0, 0.05) is 0 Å². The van der Waals surface area contributed by atoms with Crippen LogP contribution >= 0.6 is 0 Å². The summed E-state index contributed by atoms with van der Waals surface area (Å²) >= 11 is 0. The fraction of sp³-hybridized carbons (Fsp3) is 0.948. The Bertz CT molecular complexity index is 2310. The van der Waals surface area contributed by atoms with Gasteiger partial charge in [-0.1, -0.05) is 60.1 Å². The van der Waals surface area contributed by atoms with Crippen molar-refractivity contribution >= 4 is 5.97 Å². The van der Waals surface area contributed by atoms with Crippen molar-refractivity contribution in [1.29, 1.82) is 0 Å². The van der Waals surface area contributed by atoms with Crippen molar-refractivity contribution in [1.82, 2.24) is 0 Å². The van der Waals surface area contributed by atoms with E-state index < -0.39 is 184 Å². The lowest BCUT2D eigenvalue weighted by Crippen LogP contribution is -2.66. The molecule has 4 saturated carbocycles. The van der Waals surface area contributed by atoms with E-state index in [0.29, 0.717) is 25.2 Å². The number of aliphatic carboxylic acids is 1. The fourth-order valence-electron chi connectivity index (χ4n) is 17.5. The van der Waals surface area contributed by atoms with E-state index in [-0.39, 0.29) is 40.1 Å². The number of aliphatic hydroxyl groups excluding tert-OH is 13. The van der Waals surface area contributed by atoms with E-state index in [0.717, 1.165) is 44.9 Å². The van der Waals surface area contributed by atoms with Crippen molar-refractivity contribution in [2.45, 2.75) is 267 Å². The second-order valence-corrected chi connectivity index (χ2v) is 28.2. The molecule has 10 rings (SSSR count). The number of hydrogen-bond acceptors (Lipinski definition) is 24. The Kier molecular flexibility index (Phi) is 18.3. The van der Waals surface area contributed by atoms with Crippen LogP contribution in [0, 0.1) is 50.2 Å². The molecule has 0 aromatic carbocycles. The maximum atomic E-state index is 13.2. The molecule has 9 fully saturated rings. The maximum absolute atomic E-state index is 13.2. The van der Waals surface area contributed by atoms with Gasteiger partial charge in [0.1, 0.15) is 104 Å². The highest BCUT2D eigenvalue weighted by Crippen LogP contribution is 2.76. The van der Waals surface area contributed by atoms with E-state index in [1.54, 1.807) is 0 Å². The average Bonchev–Trinajstić information content (AvgIpc) is 0.779. The van der Waals surface area contributed by atoms with E-state index in [2.05, 4.69) is 54.5 Å². The van der Waals surface area contributed by atoms with Crippen molar-refractivity contribution < 1.29 is 124 Å². The molecule has 0 amide bonds. The molecule has 0 bridgehead atoms. The molecule has 0 unspecified atom stereocenters. The number of carbonyl (C=O) groups is 1. The number of hydrogen-bond donors (Lipinski definition) is 14. The van der Waals surface area contributed by atoms with Crippen LogP contribution in [0.1, 0.15) is 120 Å². The van der Waals surface area contributed by atoms with Crippen molar-refractivity contribution in [3.05, 3.63) is 11.6 Å². The summed E-state index contributed by atoms with van der Waals surface area (Å²) in [7, 11) is 0. The average molecular weight is 1190 g/mol. The highest BCUT2D eigenvalue weighted by atomic mass is 16.8. The van der Waals surface area contributed by atoms with Crippen molar-refractivity contribution in [2.24, 2.45) is 50.2 Å². The van der Waals surface area contributed by atoms with E-state index in [1.165, 1.54) is 12.5 Å². The zero-order valence-electron chi connectivity index (χ0n) is 48.8. The van der Waals surface area contributed by atoms with Crippen LogP contribution in [-0.2, 0) is 52.2 Å². The zero-order valence-corrected chi connectivity index (χ0v) is 48.8. The molecule has 0 aromatic rings. The first-order valence-electron chi connectivity index (χ1n) is 30.0. The lowest BCUT2D eigenvalue weighted by atomic mass is 9.33. The number of ether oxygens (including phenoxy) is 10. The van der Waals surface area contributed by atoms with Gasteiger partial charge in [-0.3, -0.25) is 4.79 Å². The van der Waals surface area contributed by atoms with Gasteiger partial charge in [0.15, 0.2) is 31.5 Å². The van der Waals surface area contributed by atoms with E-state index >= 15 is 0 Å². The normalized spacial score (nSPS) is 54.3. The third-order valence-electron chi connectivity index (χ3n) is 22.8. The molecule has 5 aliphatic heterocycles. The molecule has 25 heteroatoms. The summed E-state index contributed by atoms with van der Waals surface area (Å²) < 4.78 is 59.4. The predicted molar refractivity (Wildman–Crippen MR) is 282 cm³/mol. The highest BCUT2D eigenvalue weighted by Gasteiger charge is 2.70. The standard InChI is InChI=1S/C58H94O25/c1-24-34(62)45(82-47-40(68)37(65)30(23-75-47)79-48-42(70)39(67)44(29(21-60)78-48)81-49-41(69)38(66)36(64)28(20-59)77-49)43(71)50(76-24)83-46-35(63)27(61)22-74-51(46)80-33-12-13-55(6)31(54(33,4)5)11-14-57(8)32(55)10-9-25-26-19-53(2,3)15-17-58(26,52(72)73)18-16-56(25,57)7/h9,24,26-51,59-71H,10-23H2,1-8H3,(H,72,73)/t24-,26+,27-,28-,29+,30+,31-,32+,33-,34-,35-,36+,37-,38-,39+,40+,41+,42+,43+,44+,45+,46+,47-,48-,49-,50-,51-,55-,56+,57+,58+/m0/s1. The summed E-state index contributed by atoms with van der Waals surface area (Å²) in [6, 6.07) is 0. The van der Waals surface area contributed by atoms with E-state index in [4.69, 9.17) is 47.4 Å². The number of carboxylic acids is 1. The summed E-state index contributed by atoms with van der Waals surface area (Å²) in [6.07, 6.45) is -27.9. The van der Waals surface area contributed by atoms with Gasteiger partial charge in [-0.15, -0.1) is 0 Å². The number of fused-ring (bicyclic) bond motifs is 7. The van der Waals surface area contributed by atoms with Gasteiger partial charge in [0.25, 0.3) is 0 Å². The summed E-state index contributed by atoms with van der Waals surface area (Å²) in [5, 5.41) is 152. The molecule has 31 atom stereocenters. The van der Waals surface area contributed by atoms with Gasteiger partial charge in [0.05, 0.1) is 44.1 Å².